The Morgan fingerprint density at radius 1 is 1.22 bits per heavy atom. The smallest absolute Gasteiger partial charge is 0.123 e. The van der Waals surface area contributed by atoms with Crippen molar-refractivity contribution in [2.24, 2.45) is 0 Å². The highest BCUT2D eigenvalue weighted by Gasteiger charge is 2.28. The lowest BCUT2D eigenvalue weighted by Crippen LogP contribution is -2.40. The summed E-state index contributed by atoms with van der Waals surface area (Å²) >= 11 is 3.45. The van der Waals surface area contributed by atoms with E-state index in [1.165, 1.54) is 11.1 Å². The molecule has 0 radical (unpaired) electrons. The Labute approximate surface area is 145 Å². The summed E-state index contributed by atoms with van der Waals surface area (Å²) in [5.41, 5.74) is 3.34. The predicted octanol–water partition coefficient (Wildman–Crippen LogP) is 4.56. The van der Waals surface area contributed by atoms with Gasteiger partial charge in [-0.3, -0.25) is 0 Å². The fourth-order valence-electron chi connectivity index (χ4n) is 3.18. The lowest BCUT2D eigenvalue weighted by molar-refractivity contribution is 0.00677. The molecule has 4 heteroatoms. The van der Waals surface area contributed by atoms with E-state index in [9.17, 15) is 4.39 Å². The fraction of sp³-hybridized carbons (Fsp3) is 0.368. The van der Waals surface area contributed by atoms with Gasteiger partial charge in [0.15, 0.2) is 0 Å². The number of nitrogens with one attached hydrogen (secondary N) is 1. The van der Waals surface area contributed by atoms with Crippen LogP contribution in [0, 0.1) is 12.7 Å². The third kappa shape index (κ3) is 4.19. The summed E-state index contributed by atoms with van der Waals surface area (Å²) in [5, 5.41) is 3.43. The van der Waals surface area contributed by atoms with Gasteiger partial charge in [-0.05, 0) is 60.8 Å². The van der Waals surface area contributed by atoms with Crippen LogP contribution in [0.5, 0.6) is 0 Å². The highest BCUT2D eigenvalue weighted by Crippen LogP contribution is 2.29. The minimum absolute atomic E-state index is 0.157. The maximum Gasteiger partial charge on any atom is 0.123 e. The molecular formula is C19H21BrFNO. The molecule has 0 spiro atoms. The molecule has 2 aromatic rings. The van der Waals surface area contributed by atoms with Crippen molar-refractivity contribution in [3.8, 4) is 0 Å². The van der Waals surface area contributed by atoms with Gasteiger partial charge in [0.05, 0.1) is 12.7 Å². The Morgan fingerprint density at radius 3 is 2.74 bits per heavy atom. The second-order valence-electron chi connectivity index (χ2n) is 6.08. The molecule has 1 heterocycles. The maximum absolute atomic E-state index is 13.4. The van der Waals surface area contributed by atoms with Crippen molar-refractivity contribution in [1.82, 2.24) is 5.32 Å². The van der Waals surface area contributed by atoms with Gasteiger partial charge in [0.2, 0.25) is 0 Å². The van der Waals surface area contributed by atoms with Crippen LogP contribution in [0.15, 0.2) is 46.9 Å². The zero-order chi connectivity index (χ0) is 16.2. The number of hydrogen-bond donors (Lipinski definition) is 1. The monoisotopic (exact) mass is 377 g/mol. The van der Waals surface area contributed by atoms with Crippen molar-refractivity contribution >= 4 is 15.9 Å². The number of aryl methyl sites for hydroxylation is 1. The molecule has 0 aliphatic carbocycles. The number of halogens is 2. The van der Waals surface area contributed by atoms with Gasteiger partial charge in [0, 0.05) is 16.9 Å². The van der Waals surface area contributed by atoms with Crippen molar-refractivity contribution in [3.05, 3.63) is 69.4 Å². The van der Waals surface area contributed by atoms with Gasteiger partial charge in [-0.1, -0.05) is 34.1 Å². The number of ether oxygens (including phenoxy) is 1. The molecular weight excluding hydrogens is 357 g/mol. The Kier molecular flexibility index (Phi) is 5.46. The van der Waals surface area contributed by atoms with Crippen LogP contribution >= 0.6 is 15.9 Å². The summed E-state index contributed by atoms with van der Waals surface area (Å²) in [6.07, 6.45) is 1.13. The molecule has 1 fully saturated rings. The minimum atomic E-state index is -0.178. The second-order valence-corrected chi connectivity index (χ2v) is 6.99. The van der Waals surface area contributed by atoms with E-state index in [0.717, 1.165) is 29.5 Å². The molecule has 2 aromatic carbocycles. The first-order chi connectivity index (χ1) is 11.1. The molecule has 0 bridgehead atoms. The zero-order valence-corrected chi connectivity index (χ0v) is 14.8. The average molecular weight is 378 g/mol. The van der Waals surface area contributed by atoms with E-state index in [1.807, 2.05) is 25.1 Å². The van der Waals surface area contributed by atoms with E-state index in [4.69, 9.17) is 4.74 Å². The molecule has 0 aromatic heterocycles. The van der Waals surface area contributed by atoms with Crippen LogP contribution in [0.1, 0.15) is 29.0 Å². The van der Waals surface area contributed by atoms with Crippen molar-refractivity contribution in [2.45, 2.75) is 32.0 Å². The number of piperidine rings is 1. The van der Waals surface area contributed by atoms with E-state index in [2.05, 4.69) is 33.4 Å². The summed E-state index contributed by atoms with van der Waals surface area (Å²) in [6, 6.07) is 13.3. The quantitative estimate of drug-likeness (QED) is 0.842. The van der Waals surface area contributed by atoms with Gasteiger partial charge in [-0.2, -0.15) is 0 Å². The van der Waals surface area contributed by atoms with Gasteiger partial charge in [0.1, 0.15) is 5.82 Å². The Bertz CT molecular complexity index is 659. The third-order valence-corrected chi connectivity index (χ3v) is 4.96. The molecule has 2 atom stereocenters. The lowest BCUT2D eigenvalue weighted by Gasteiger charge is -2.33. The van der Waals surface area contributed by atoms with Crippen LogP contribution in [0.25, 0.3) is 0 Å². The number of hydrogen-bond acceptors (Lipinski definition) is 2. The summed E-state index contributed by atoms with van der Waals surface area (Å²) in [5.74, 6) is 0.0853. The normalized spacial score (nSPS) is 21.3. The highest BCUT2D eigenvalue weighted by atomic mass is 79.9. The van der Waals surface area contributed by atoms with Crippen LogP contribution < -0.4 is 5.32 Å². The lowest BCUT2D eigenvalue weighted by atomic mass is 9.86. The van der Waals surface area contributed by atoms with E-state index >= 15 is 0 Å². The second kappa shape index (κ2) is 7.56. The van der Waals surface area contributed by atoms with Crippen molar-refractivity contribution in [3.63, 3.8) is 0 Å². The van der Waals surface area contributed by atoms with E-state index in [0.29, 0.717) is 6.61 Å². The van der Waals surface area contributed by atoms with E-state index in [1.54, 1.807) is 12.1 Å². The first kappa shape index (κ1) is 16.6. The maximum atomic E-state index is 13.4. The van der Waals surface area contributed by atoms with Crippen LogP contribution in [0.2, 0.25) is 0 Å². The van der Waals surface area contributed by atoms with Crippen molar-refractivity contribution < 1.29 is 9.13 Å². The molecule has 2 nitrogen and oxygen atoms in total. The average Bonchev–Trinajstić information content (AvgIpc) is 2.55. The standard InChI is InChI=1S/C19H21BrFNO/c1-13-10-16(21)6-7-17(13)18-11-22-9-8-19(18)23-12-14-2-4-15(20)5-3-14/h2-7,10,18-19,22H,8-9,11-12H2,1H3. The summed E-state index contributed by atoms with van der Waals surface area (Å²) in [7, 11) is 0. The Hall–Kier alpha value is -1.23. The molecule has 1 aliphatic rings. The van der Waals surface area contributed by atoms with E-state index < -0.39 is 0 Å². The summed E-state index contributed by atoms with van der Waals surface area (Å²) < 4.78 is 20.6. The van der Waals surface area contributed by atoms with Gasteiger partial charge >= 0.3 is 0 Å². The predicted molar refractivity (Wildman–Crippen MR) is 94.1 cm³/mol. The summed E-state index contributed by atoms with van der Waals surface area (Å²) in [4.78, 5) is 0. The summed E-state index contributed by atoms with van der Waals surface area (Å²) in [6.45, 7) is 4.41. The molecule has 3 rings (SSSR count). The van der Waals surface area contributed by atoms with Crippen molar-refractivity contribution in [1.29, 1.82) is 0 Å². The van der Waals surface area contributed by atoms with Crippen LogP contribution in [-0.4, -0.2) is 19.2 Å². The molecule has 0 amide bonds. The largest absolute Gasteiger partial charge is 0.373 e. The molecule has 1 aliphatic heterocycles. The van der Waals surface area contributed by atoms with Gasteiger partial charge in [-0.15, -0.1) is 0 Å². The topological polar surface area (TPSA) is 21.3 Å². The first-order valence-corrected chi connectivity index (χ1v) is 8.75. The number of benzene rings is 2. The Balaban J connectivity index is 1.72. The number of rotatable bonds is 4. The Morgan fingerprint density at radius 2 is 2.00 bits per heavy atom. The van der Waals surface area contributed by atoms with Gasteiger partial charge in [0.25, 0.3) is 0 Å². The van der Waals surface area contributed by atoms with Gasteiger partial charge in [-0.25, -0.2) is 4.39 Å². The van der Waals surface area contributed by atoms with Crippen LogP contribution in [0.4, 0.5) is 4.39 Å². The zero-order valence-electron chi connectivity index (χ0n) is 13.2. The van der Waals surface area contributed by atoms with Crippen molar-refractivity contribution in [2.75, 3.05) is 13.1 Å². The van der Waals surface area contributed by atoms with E-state index in [-0.39, 0.29) is 17.8 Å². The third-order valence-electron chi connectivity index (χ3n) is 4.43. The molecule has 1 N–H and O–H groups in total. The molecule has 2 unspecified atom stereocenters. The molecule has 1 saturated heterocycles. The van der Waals surface area contributed by atoms with Gasteiger partial charge < -0.3 is 10.1 Å². The molecule has 23 heavy (non-hydrogen) atoms. The molecule has 122 valence electrons. The van der Waals surface area contributed by atoms with Crippen LogP contribution in [-0.2, 0) is 11.3 Å². The SMILES string of the molecule is Cc1cc(F)ccc1C1CNCCC1OCc1ccc(Br)cc1. The fourth-order valence-corrected chi connectivity index (χ4v) is 3.45. The van der Waals surface area contributed by atoms with Crippen LogP contribution in [0.3, 0.4) is 0 Å². The first-order valence-electron chi connectivity index (χ1n) is 7.96. The minimum Gasteiger partial charge on any atom is -0.373 e. The highest BCUT2D eigenvalue weighted by molar-refractivity contribution is 9.10. The molecule has 0 saturated carbocycles.